The van der Waals surface area contributed by atoms with Crippen LogP contribution in [0.25, 0.3) is 11.0 Å². The molecule has 4 heteroatoms. The van der Waals surface area contributed by atoms with Crippen molar-refractivity contribution < 1.29 is 0 Å². The van der Waals surface area contributed by atoms with Crippen LogP contribution in [0.15, 0.2) is 48.9 Å². The number of nitrogens with zero attached hydrogens (tertiary/aromatic N) is 3. The van der Waals surface area contributed by atoms with Gasteiger partial charge in [-0.2, -0.15) is 0 Å². The van der Waals surface area contributed by atoms with Crippen LogP contribution in [0.4, 0.5) is 5.82 Å². The highest BCUT2D eigenvalue weighted by molar-refractivity contribution is 5.85. The second-order valence-corrected chi connectivity index (χ2v) is 5.77. The van der Waals surface area contributed by atoms with Crippen LogP contribution in [-0.2, 0) is 6.42 Å². The van der Waals surface area contributed by atoms with Crippen molar-refractivity contribution >= 4 is 16.9 Å². The standard InChI is InChI=1S/C18H18N4/c1-2-8-15-13(5-1)6-3-7-14(15)11-20-18-16-9-4-10-19-17(16)21-12-22-18/h1-2,4-5,8-10,12,14H,3,6-7,11H2,(H,19,20,21,22). The van der Waals surface area contributed by atoms with Gasteiger partial charge in [0.2, 0.25) is 0 Å². The van der Waals surface area contributed by atoms with Crippen LogP contribution < -0.4 is 5.32 Å². The summed E-state index contributed by atoms with van der Waals surface area (Å²) in [7, 11) is 0. The summed E-state index contributed by atoms with van der Waals surface area (Å²) < 4.78 is 0. The van der Waals surface area contributed by atoms with Gasteiger partial charge in [0.25, 0.3) is 0 Å². The van der Waals surface area contributed by atoms with Crippen LogP contribution in [0.1, 0.15) is 29.9 Å². The molecule has 0 bridgehead atoms. The Morgan fingerprint density at radius 1 is 1.05 bits per heavy atom. The molecule has 0 saturated carbocycles. The van der Waals surface area contributed by atoms with Gasteiger partial charge in [0, 0.05) is 18.7 Å². The Labute approximate surface area is 129 Å². The molecule has 3 aromatic rings. The first-order valence-corrected chi connectivity index (χ1v) is 7.79. The molecule has 0 spiro atoms. The summed E-state index contributed by atoms with van der Waals surface area (Å²) >= 11 is 0. The summed E-state index contributed by atoms with van der Waals surface area (Å²) in [5, 5.41) is 4.49. The molecular formula is C18H18N4. The molecule has 110 valence electrons. The van der Waals surface area contributed by atoms with E-state index in [1.807, 2.05) is 12.1 Å². The first-order valence-electron chi connectivity index (χ1n) is 7.79. The van der Waals surface area contributed by atoms with Crippen molar-refractivity contribution in [2.75, 3.05) is 11.9 Å². The number of pyridine rings is 1. The Bertz CT molecular complexity index is 794. The average molecular weight is 290 g/mol. The molecule has 1 aliphatic carbocycles. The van der Waals surface area contributed by atoms with Crippen LogP contribution >= 0.6 is 0 Å². The summed E-state index contributed by atoms with van der Waals surface area (Å²) in [6.45, 7) is 0.901. The van der Waals surface area contributed by atoms with E-state index in [0.29, 0.717) is 5.92 Å². The van der Waals surface area contributed by atoms with Crippen LogP contribution in [0.2, 0.25) is 0 Å². The van der Waals surface area contributed by atoms with E-state index in [-0.39, 0.29) is 0 Å². The van der Waals surface area contributed by atoms with E-state index in [1.54, 1.807) is 12.5 Å². The summed E-state index contributed by atoms with van der Waals surface area (Å²) in [5.74, 6) is 1.42. The third-order valence-corrected chi connectivity index (χ3v) is 4.42. The van der Waals surface area contributed by atoms with E-state index in [0.717, 1.165) is 23.4 Å². The molecule has 1 N–H and O–H groups in total. The average Bonchev–Trinajstić information content (AvgIpc) is 2.60. The smallest absolute Gasteiger partial charge is 0.164 e. The zero-order valence-corrected chi connectivity index (χ0v) is 12.4. The molecule has 2 aromatic heterocycles. The number of benzene rings is 1. The molecule has 0 aliphatic heterocycles. The van der Waals surface area contributed by atoms with Gasteiger partial charge in [-0.1, -0.05) is 24.3 Å². The quantitative estimate of drug-likeness (QED) is 0.801. The minimum atomic E-state index is 0.548. The van der Waals surface area contributed by atoms with Gasteiger partial charge in [-0.05, 0) is 42.5 Å². The fourth-order valence-electron chi connectivity index (χ4n) is 3.32. The lowest BCUT2D eigenvalue weighted by Crippen LogP contribution is -2.18. The van der Waals surface area contributed by atoms with Crippen LogP contribution in [0, 0.1) is 0 Å². The first-order chi connectivity index (χ1) is 10.9. The fraction of sp³-hybridized carbons (Fsp3) is 0.278. The summed E-state index contributed by atoms with van der Waals surface area (Å²) in [6.07, 6.45) is 7.02. The van der Waals surface area contributed by atoms with Crippen molar-refractivity contribution in [3.63, 3.8) is 0 Å². The lowest BCUT2D eigenvalue weighted by Gasteiger charge is -2.26. The Balaban J connectivity index is 1.58. The van der Waals surface area contributed by atoms with E-state index >= 15 is 0 Å². The van der Waals surface area contributed by atoms with Crippen molar-refractivity contribution in [1.82, 2.24) is 15.0 Å². The summed E-state index contributed by atoms with van der Waals surface area (Å²) in [6, 6.07) is 12.7. The molecule has 22 heavy (non-hydrogen) atoms. The normalized spacial score (nSPS) is 17.2. The molecule has 2 heterocycles. The number of fused-ring (bicyclic) bond motifs is 2. The predicted molar refractivity (Wildman–Crippen MR) is 87.9 cm³/mol. The number of nitrogens with one attached hydrogen (secondary N) is 1. The Hall–Kier alpha value is -2.49. The topological polar surface area (TPSA) is 50.7 Å². The number of anilines is 1. The number of rotatable bonds is 3. The number of aromatic nitrogens is 3. The maximum absolute atomic E-state index is 4.39. The first kappa shape index (κ1) is 13.2. The number of hydrogen-bond acceptors (Lipinski definition) is 4. The third kappa shape index (κ3) is 2.41. The van der Waals surface area contributed by atoms with Gasteiger partial charge in [-0.3, -0.25) is 0 Å². The van der Waals surface area contributed by atoms with Gasteiger partial charge in [0.1, 0.15) is 12.1 Å². The van der Waals surface area contributed by atoms with Gasteiger partial charge >= 0.3 is 0 Å². The van der Waals surface area contributed by atoms with E-state index in [4.69, 9.17) is 0 Å². The van der Waals surface area contributed by atoms with Crippen LogP contribution in [0.3, 0.4) is 0 Å². The predicted octanol–water partition coefficient (Wildman–Crippen LogP) is 3.56. The van der Waals surface area contributed by atoms with Crippen molar-refractivity contribution in [3.8, 4) is 0 Å². The maximum Gasteiger partial charge on any atom is 0.164 e. The Morgan fingerprint density at radius 2 is 2.00 bits per heavy atom. The fourth-order valence-corrected chi connectivity index (χ4v) is 3.32. The molecule has 1 unspecified atom stereocenters. The highest BCUT2D eigenvalue weighted by atomic mass is 15.0. The minimum absolute atomic E-state index is 0.548. The molecule has 0 amide bonds. The zero-order chi connectivity index (χ0) is 14.8. The molecule has 4 nitrogen and oxygen atoms in total. The molecular weight excluding hydrogens is 272 g/mol. The minimum Gasteiger partial charge on any atom is -0.369 e. The molecule has 1 aromatic carbocycles. The third-order valence-electron chi connectivity index (χ3n) is 4.42. The van der Waals surface area contributed by atoms with Crippen molar-refractivity contribution in [2.45, 2.75) is 25.2 Å². The molecule has 0 radical (unpaired) electrons. The van der Waals surface area contributed by atoms with Crippen molar-refractivity contribution in [2.24, 2.45) is 0 Å². The highest BCUT2D eigenvalue weighted by Gasteiger charge is 2.19. The maximum atomic E-state index is 4.39. The zero-order valence-electron chi connectivity index (χ0n) is 12.4. The van der Waals surface area contributed by atoms with Gasteiger partial charge < -0.3 is 5.32 Å². The molecule has 0 fully saturated rings. The summed E-state index contributed by atoms with van der Waals surface area (Å²) in [5.41, 5.74) is 3.72. The summed E-state index contributed by atoms with van der Waals surface area (Å²) in [4.78, 5) is 12.9. The Morgan fingerprint density at radius 3 is 3.00 bits per heavy atom. The van der Waals surface area contributed by atoms with E-state index < -0.39 is 0 Å². The van der Waals surface area contributed by atoms with E-state index in [2.05, 4.69) is 44.5 Å². The van der Waals surface area contributed by atoms with Gasteiger partial charge in [0.05, 0.1) is 5.39 Å². The molecule has 1 aliphatic rings. The molecule has 1 atom stereocenters. The van der Waals surface area contributed by atoms with Crippen LogP contribution in [0.5, 0.6) is 0 Å². The van der Waals surface area contributed by atoms with E-state index in [1.165, 1.54) is 30.4 Å². The lowest BCUT2D eigenvalue weighted by molar-refractivity contribution is 0.571. The lowest BCUT2D eigenvalue weighted by atomic mass is 9.83. The Kier molecular flexibility index (Phi) is 3.43. The highest BCUT2D eigenvalue weighted by Crippen LogP contribution is 2.31. The van der Waals surface area contributed by atoms with Crippen molar-refractivity contribution in [3.05, 3.63) is 60.0 Å². The van der Waals surface area contributed by atoms with Gasteiger partial charge in [-0.25, -0.2) is 15.0 Å². The second kappa shape index (κ2) is 5.72. The van der Waals surface area contributed by atoms with Crippen molar-refractivity contribution in [1.29, 1.82) is 0 Å². The van der Waals surface area contributed by atoms with Gasteiger partial charge in [0.15, 0.2) is 5.65 Å². The van der Waals surface area contributed by atoms with Crippen LogP contribution in [-0.4, -0.2) is 21.5 Å². The van der Waals surface area contributed by atoms with Gasteiger partial charge in [-0.15, -0.1) is 0 Å². The number of aryl methyl sites for hydroxylation is 1. The molecule has 0 saturated heterocycles. The SMILES string of the molecule is c1ccc2c(c1)CCCC2CNc1ncnc2ncccc12. The van der Waals surface area contributed by atoms with E-state index in [9.17, 15) is 0 Å². The largest absolute Gasteiger partial charge is 0.369 e. The monoisotopic (exact) mass is 290 g/mol. The number of hydrogen-bond donors (Lipinski definition) is 1. The molecule has 4 rings (SSSR count). The second-order valence-electron chi connectivity index (χ2n) is 5.77.